The fraction of sp³-hybridized carbons (Fsp3) is 0.269. The number of thiazole rings is 1. The Hall–Kier alpha value is -2.48. The van der Waals surface area contributed by atoms with E-state index in [-0.39, 0.29) is 24.3 Å². The van der Waals surface area contributed by atoms with Crippen LogP contribution in [-0.2, 0) is 26.8 Å². The third-order valence-electron chi connectivity index (χ3n) is 6.32. The quantitative estimate of drug-likeness (QED) is 0.204. The average Bonchev–Trinajstić information content (AvgIpc) is 3.35. The maximum atomic E-state index is 11.4. The lowest BCUT2D eigenvalue weighted by Crippen LogP contribution is -2.36. The third-order valence-corrected chi connectivity index (χ3v) is 10.1. The molecule has 200 valence electrons. The van der Waals surface area contributed by atoms with Crippen molar-refractivity contribution in [3.05, 3.63) is 70.2 Å². The molecular formula is C26H27N2O6S4+. The van der Waals surface area contributed by atoms with Gasteiger partial charge in [-0.3, -0.25) is 9.11 Å². The van der Waals surface area contributed by atoms with Gasteiger partial charge >= 0.3 is 0 Å². The van der Waals surface area contributed by atoms with E-state index in [4.69, 9.17) is 0 Å². The molecule has 0 atom stereocenters. The second-order valence-electron chi connectivity index (χ2n) is 9.21. The highest BCUT2D eigenvalue weighted by molar-refractivity contribution is 8.04. The molecule has 38 heavy (non-hydrogen) atoms. The van der Waals surface area contributed by atoms with Gasteiger partial charge in [0.05, 0.1) is 33.7 Å². The normalized spacial score (nSPS) is 15.1. The Labute approximate surface area is 230 Å². The van der Waals surface area contributed by atoms with Crippen LogP contribution in [0.5, 0.6) is 0 Å². The van der Waals surface area contributed by atoms with Gasteiger partial charge in [0, 0.05) is 17.9 Å². The van der Waals surface area contributed by atoms with Crippen molar-refractivity contribution in [1.82, 2.24) is 0 Å². The number of rotatable bonds is 9. The van der Waals surface area contributed by atoms with Crippen LogP contribution in [0.4, 0.5) is 5.69 Å². The van der Waals surface area contributed by atoms with Crippen molar-refractivity contribution < 1.29 is 30.5 Å². The van der Waals surface area contributed by atoms with Gasteiger partial charge in [-0.15, -0.1) is 0 Å². The molecule has 0 saturated carbocycles. The molecular weight excluding hydrogens is 565 g/mol. The Balaban J connectivity index is 1.60. The maximum absolute atomic E-state index is 11.4. The van der Waals surface area contributed by atoms with E-state index in [2.05, 4.69) is 33.7 Å². The first-order valence-electron chi connectivity index (χ1n) is 12.0. The topological polar surface area (TPSA) is 116 Å². The van der Waals surface area contributed by atoms with Crippen molar-refractivity contribution in [3.63, 3.8) is 0 Å². The summed E-state index contributed by atoms with van der Waals surface area (Å²) in [5.74, 6) is -0.660. The van der Waals surface area contributed by atoms with E-state index in [9.17, 15) is 25.9 Å². The van der Waals surface area contributed by atoms with Crippen LogP contribution < -0.4 is 9.47 Å². The Morgan fingerprint density at radius 3 is 2.45 bits per heavy atom. The molecule has 12 heteroatoms. The Morgan fingerprint density at radius 1 is 0.947 bits per heavy atom. The molecule has 1 aromatic heterocycles. The number of aryl methyl sites for hydroxylation is 2. The van der Waals surface area contributed by atoms with E-state index in [0.717, 1.165) is 47.2 Å². The fourth-order valence-corrected chi connectivity index (χ4v) is 8.10. The van der Waals surface area contributed by atoms with E-state index in [1.54, 1.807) is 23.1 Å². The highest BCUT2D eigenvalue weighted by Gasteiger charge is 2.29. The predicted octanol–water partition coefficient (Wildman–Crippen LogP) is 5.12. The number of anilines is 1. The van der Waals surface area contributed by atoms with E-state index in [1.165, 1.54) is 0 Å². The first-order valence-corrected chi connectivity index (χ1v) is 16.9. The molecule has 8 nitrogen and oxygen atoms in total. The van der Waals surface area contributed by atoms with Crippen molar-refractivity contribution in [1.29, 1.82) is 0 Å². The Kier molecular flexibility index (Phi) is 7.55. The van der Waals surface area contributed by atoms with Gasteiger partial charge in [0.15, 0.2) is 6.54 Å². The molecule has 1 aliphatic rings. The van der Waals surface area contributed by atoms with Crippen molar-refractivity contribution in [3.8, 4) is 0 Å². The lowest BCUT2D eigenvalue weighted by Gasteiger charge is -2.20. The number of fused-ring (bicyclic) bond motifs is 4. The molecule has 1 aliphatic heterocycles. The minimum atomic E-state index is -4.09. The maximum Gasteiger partial charge on any atom is 0.265 e. The van der Waals surface area contributed by atoms with Crippen molar-refractivity contribution in [2.24, 2.45) is 0 Å². The van der Waals surface area contributed by atoms with Crippen molar-refractivity contribution >= 4 is 76.1 Å². The summed E-state index contributed by atoms with van der Waals surface area (Å²) in [6.07, 6.45) is 2.56. The molecule has 2 heterocycles. The third kappa shape index (κ3) is 6.05. The monoisotopic (exact) mass is 591 g/mol. The fourth-order valence-electron chi connectivity index (χ4n) is 4.67. The van der Waals surface area contributed by atoms with Gasteiger partial charge in [-0.05, 0) is 48.6 Å². The van der Waals surface area contributed by atoms with Gasteiger partial charge < -0.3 is 4.90 Å². The molecule has 0 saturated heterocycles. The lowest BCUT2D eigenvalue weighted by atomic mass is 10.1. The van der Waals surface area contributed by atoms with Gasteiger partial charge in [0.2, 0.25) is 5.52 Å². The number of hydrogen-bond acceptors (Lipinski definition) is 7. The van der Waals surface area contributed by atoms with Crippen molar-refractivity contribution in [2.75, 3.05) is 23.0 Å². The minimum Gasteiger partial charge on any atom is -0.335 e. The van der Waals surface area contributed by atoms with Crippen molar-refractivity contribution in [2.45, 2.75) is 31.2 Å². The number of aromatic nitrogens is 1. The SMILES string of the molecule is Cc1ccc2c(c1)SC(=Cc1sc3ccc4ccccc4c3[n+]1CCCS(=O)(=O)O)N2CCCS(=O)(=O)O. The number of benzene rings is 3. The predicted molar refractivity (Wildman–Crippen MR) is 154 cm³/mol. The summed E-state index contributed by atoms with van der Waals surface area (Å²) in [6.45, 7) is 2.82. The van der Waals surface area contributed by atoms with Crippen LogP contribution in [0.3, 0.4) is 0 Å². The zero-order chi connectivity index (χ0) is 27.1. The summed E-state index contributed by atoms with van der Waals surface area (Å²) in [7, 11) is -8.16. The van der Waals surface area contributed by atoms with Gasteiger partial charge in [-0.25, -0.2) is 0 Å². The average molecular weight is 592 g/mol. The van der Waals surface area contributed by atoms with Crippen LogP contribution in [0, 0.1) is 6.92 Å². The molecule has 0 aliphatic carbocycles. The molecule has 0 spiro atoms. The molecule has 0 radical (unpaired) electrons. The van der Waals surface area contributed by atoms with Gasteiger partial charge in [0.1, 0.15) is 4.70 Å². The number of hydrogen-bond donors (Lipinski definition) is 2. The largest absolute Gasteiger partial charge is 0.335 e. The van der Waals surface area contributed by atoms with Gasteiger partial charge in [-0.2, -0.15) is 21.4 Å². The number of thioether (sulfide) groups is 1. The van der Waals surface area contributed by atoms with E-state index in [0.29, 0.717) is 13.1 Å². The molecule has 0 fully saturated rings. The molecule has 0 bridgehead atoms. The summed E-state index contributed by atoms with van der Waals surface area (Å²) in [4.78, 5) is 3.13. The Morgan fingerprint density at radius 2 is 1.68 bits per heavy atom. The van der Waals surface area contributed by atoms with E-state index in [1.807, 2.05) is 43.3 Å². The summed E-state index contributed by atoms with van der Waals surface area (Å²) in [5.41, 5.74) is 3.10. The molecule has 4 aromatic rings. The second kappa shape index (κ2) is 10.6. The van der Waals surface area contributed by atoms with Gasteiger partial charge in [0.25, 0.3) is 25.2 Å². The summed E-state index contributed by atoms with van der Waals surface area (Å²) < 4.78 is 67.3. The molecule has 5 rings (SSSR count). The van der Waals surface area contributed by atoms with Crippen LogP contribution in [-0.4, -0.2) is 44.0 Å². The van der Waals surface area contributed by atoms with Crippen LogP contribution >= 0.6 is 23.1 Å². The second-order valence-corrected chi connectivity index (χ2v) is 14.5. The van der Waals surface area contributed by atoms with E-state index >= 15 is 0 Å². The highest BCUT2D eigenvalue weighted by Crippen LogP contribution is 2.47. The van der Waals surface area contributed by atoms with Crippen LogP contribution in [0.25, 0.3) is 27.1 Å². The number of nitrogens with zero attached hydrogens (tertiary/aromatic N) is 2. The smallest absolute Gasteiger partial charge is 0.265 e. The molecule has 0 amide bonds. The summed E-state index contributed by atoms with van der Waals surface area (Å²) >= 11 is 3.19. The summed E-state index contributed by atoms with van der Waals surface area (Å²) in [5, 5.41) is 3.96. The first-order chi connectivity index (χ1) is 18.0. The van der Waals surface area contributed by atoms with Gasteiger partial charge in [-0.1, -0.05) is 53.4 Å². The lowest BCUT2D eigenvalue weighted by molar-refractivity contribution is -0.667. The zero-order valence-electron chi connectivity index (χ0n) is 20.6. The van der Waals surface area contributed by atoms with Crippen LogP contribution in [0.1, 0.15) is 23.4 Å². The Bertz CT molecular complexity index is 1780. The highest BCUT2D eigenvalue weighted by atomic mass is 32.2. The summed E-state index contributed by atoms with van der Waals surface area (Å²) in [6, 6.07) is 18.3. The molecule has 0 unspecified atom stereocenters. The van der Waals surface area contributed by atoms with Crippen LogP contribution in [0.2, 0.25) is 0 Å². The zero-order valence-corrected chi connectivity index (χ0v) is 23.8. The van der Waals surface area contributed by atoms with E-state index < -0.39 is 20.2 Å². The van der Waals surface area contributed by atoms with Crippen LogP contribution in [0.15, 0.2) is 64.5 Å². The minimum absolute atomic E-state index is 0.249. The first kappa shape index (κ1) is 27.1. The standard InChI is InChI=1S/C26H26N2O6S4/c1-18-8-10-21-23(16-18)36-24(27(21)12-4-14-37(29,30)31)17-25-28(13-5-15-38(32,33)34)26-20-7-3-2-6-19(20)9-11-22(26)35-25/h2-3,6-11,16-17H,4-5,12-15H2,1H3,(H-,29,30,31,32,33,34)/p+1. The molecule has 3 aromatic carbocycles. The molecule has 2 N–H and O–H groups in total.